The number of fused-ring (bicyclic) bond motifs is 1. The average molecular weight is 282 g/mol. The van der Waals surface area contributed by atoms with E-state index in [1.165, 1.54) is 25.8 Å². The number of piperidine rings is 1. The Hall–Kier alpha value is 0.0600. The van der Waals surface area contributed by atoms with Gasteiger partial charge in [-0.25, -0.2) is 0 Å². The molecule has 6 heteroatoms. The van der Waals surface area contributed by atoms with Crippen LogP contribution >= 0.6 is 11.8 Å². The fourth-order valence-corrected chi connectivity index (χ4v) is 3.56. The molecule has 0 N–H and O–H groups in total. The maximum absolute atomic E-state index is 12.1. The minimum atomic E-state index is -4.09. The molecule has 2 fully saturated rings. The Morgan fingerprint density at radius 1 is 1.22 bits per heavy atom. The molecule has 0 aliphatic carbocycles. The summed E-state index contributed by atoms with van der Waals surface area (Å²) in [5.74, 6) is 0.153. The summed E-state index contributed by atoms with van der Waals surface area (Å²) in [5, 5.41) is 0. The van der Waals surface area contributed by atoms with Crippen molar-refractivity contribution in [1.29, 1.82) is 0 Å². The predicted molar refractivity (Wildman–Crippen MR) is 68.8 cm³/mol. The first-order valence-electron chi connectivity index (χ1n) is 6.64. The molecule has 2 aliphatic rings. The SMILES string of the molecule is CC1CN2CCCCC2CN1CCSC(F)(F)F. The monoisotopic (exact) mass is 282 g/mol. The topological polar surface area (TPSA) is 6.48 Å². The van der Waals surface area contributed by atoms with Gasteiger partial charge in [0.2, 0.25) is 0 Å². The smallest absolute Gasteiger partial charge is 0.298 e. The van der Waals surface area contributed by atoms with Gasteiger partial charge in [-0.15, -0.1) is 0 Å². The molecule has 2 nitrogen and oxygen atoms in total. The molecule has 2 rings (SSSR count). The van der Waals surface area contributed by atoms with Gasteiger partial charge in [0.15, 0.2) is 0 Å². The van der Waals surface area contributed by atoms with Crippen LogP contribution in [0.2, 0.25) is 0 Å². The number of rotatable bonds is 3. The van der Waals surface area contributed by atoms with Crippen LogP contribution in [-0.4, -0.2) is 59.3 Å². The lowest BCUT2D eigenvalue weighted by molar-refractivity contribution is -0.0332. The summed E-state index contributed by atoms with van der Waals surface area (Å²) in [6.07, 6.45) is 3.74. The van der Waals surface area contributed by atoms with Gasteiger partial charge in [-0.3, -0.25) is 9.80 Å². The largest absolute Gasteiger partial charge is 0.441 e. The fourth-order valence-electron chi connectivity index (χ4n) is 3.00. The zero-order valence-corrected chi connectivity index (χ0v) is 11.6. The molecular formula is C12H21F3N2S. The van der Waals surface area contributed by atoms with Gasteiger partial charge in [-0.1, -0.05) is 6.42 Å². The van der Waals surface area contributed by atoms with Crippen molar-refractivity contribution in [2.75, 3.05) is 31.9 Å². The van der Waals surface area contributed by atoms with Gasteiger partial charge in [0.25, 0.3) is 0 Å². The van der Waals surface area contributed by atoms with E-state index >= 15 is 0 Å². The van der Waals surface area contributed by atoms with Crippen molar-refractivity contribution in [2.45, 2.75) is 43.8 Å². The Labute approximate surface area is 111 Å². The molecule has 106 valence electrons. The molecule has 2 atom stereocenters. The van der Waals surface area contributed by atoms with Gasteiger partial charge in [0.05, 0.1) is 0 Å². The van der Waals surface area contributed by atoms with Gasteiger partial charge < -0.3 is 0 Å². The van der Waals surface area contributed by atoms with Crippen molar-refractivity contribution in [2.24, 2.45) is 0 Å². The summed E-state index contributed by atoms with van der Waals surface area (Å²) in [4.78, 5) is 4.74. The minimum absolute atomic E-state index is 0.103. The molecule has 2 saturated heterocycles. The summed E-state index contributed by atoms with van der Waals surface area (Å²) in [7, 11) is 0. The van der Waals surface area contributed by atoms with Crippen LogP contribution in [0.5, 0.6) is 0 Å². The van der Waals surface area contributed by atoms with Crippen LogP contribution in [0.3, 0.4) is 0 Å². The lowest BCUT2D eigenvalue weighted by Crippen LogP contribution is -2.58. The molecule has 0 radical (unpaired) electrons. The van der Waals surface area contributed by atoms with Crippen LogP contribution in [0.15, 0.2) is 0 Å². The molecule has 0 aromatic heterocycles. The maximum Gasteiger partial charge on any atom is 0.441 e. The fraction of sp³-hybridized carbons (Fsp3) is 1.00. The zero-order chi connectivity index (χ0) is 13.2. The Kier molecular flexibility index (Phi) is 4.83. The molecule has 0 aromatic rings. The number of alkyl halides is 3. The van der Waals surface area contributed by atoms with Gasteiger partial charge in [0.1, 0.15) is 0 Å². The van der Waals surface area contributed by atoms with Crippen molar-refractivity contribution in [3.05, 3.63) is 0 Å². The molecule has 2 unspecified atom stereocenters. The highest BCUT2D eigenvalue weighted by molar-refractivity contribution is 8.00. The molecule has 0 bridgehead atoms. The molecule has 2 aliphatic heterocycles. The number of nitrogens with zero attached hydrogens (tertiary/aromatic N) is 2. The Bertz CT molecular complexity index is 273. The van der Waals surface area contributed by atoms with E-state index in [4.69, 9.17) is 0 Å². The van der Waals surface area contributed by atoms with Crippen molar-refractivity contribution >= 4 is 11.8 Å². The molecule has 0 spiro atoms. The number of halogens is 3. The second kappa shape index (κ2) is 6.01. The number of thioether (sulfide) groups is 1. The predicted octanol–water partition coefficient (Wildman–Crippen LogP) is 2.80. The standard InChI is InChI=1S/C12H21F3N2S/c1-10-8-17-5-3-2-4-11(17)9-16(10)6-7-18-12(13,14)15/h10-11H,2-9H2,1H3. The van der Waals surface area contributed by atoms with Crippen molar-refractivity contribution in [3.63, 3.8) is 0 Å². The van der Waals surface area contributed by atoms with E-state index in [1.54, 1.807) is 0 Å². The zero-order valence-electron chi connectivity index (χ0n) is 10.7. The highest BCUT2D eigenvalue weighted by Gasteiger charge is 2.33. The summed E-state index contributed by atoms with van der Waals surface area (Å²) in [6, 6.07) is 0.957. The highest BCUT2D eigenvalue weighted by atomic mass is 32.2. The van der Waals surface area contributed by atoms with Crippen molar-refractivity contribution in [1.82, 2.24) is 9.80 Å². The van der Waals surface area contributed by atoms with Crippen LogP contribution in [-0.2, 0) is 0 Å². The summed E-state index contributed by atoms with van der Waals surface area (Å²) in [6.45, 7) is 5.81. The number of piperazine rings is 1. The van der Waals surface area contributed by atoms with Crippen molar-refractivity contribution in [3.8, 4) is 0 Å². The van der Waals surface area contributed by atoms with Crippen LogP contribution in [0.4, 0.5) is 13.2 Å². The quantitative estimate of drug-likeness (QED) is 0.786. The molecule has 0 saturated carbocycles. The molecule has 0 amide bonds. The minimum Gasteiger partial charge on any atom is -0.298 e. The highest BCUT2D eigenvalue weighted by Crippen LogP contribution is 2.30. The average Bonchev–Trinajstić information content (AvgIpc) is 2.28. The number of hydrogen-bond acceptors (Lipinski definition) is 3. The van der Waals surface area contributed by atoms with E-state index in [0.717, 1.165) is 13.1 Å². The van der Waals surface area contributed by atoms with Crippen LogP contribution in [0, 0.1) is 0 Å². The summed E-state index contributed by atoms with van der Waals surface area (Å²) < 4.78 is 36.3. The van der Waals surface area contributed by atoms with E-state index in [9.17, 15) is 13.2 Å². The lowest BCUT2D eigenvalue weighted by Gasteiger charge is -2.47. The second-order valence-corrected chi connectivity index (χ2v) is 6.44. The second-order valence-electron chi connectivity index (χ2n) is 5.28. The maximum atomic E-state index is 12.1. The van der Waals surface area contributed by atoms with E-state index in [-0.39, 0.29) is 17.5 Å². The normalized spacial score (nSPS) is 31.3. The van der Waals surface area contributed by atoms with Crippen LogP contribution < -0.4 is 0 Å². The summed E-state index contributed by atoms with van der Waals surface area (Å²) >= 11 is 0.103. The first kappa shape index (κ1) is 14.5. The third kappa shape index (κ3) is 4.03. The van der Waals surface area contributed by atoms with E-state index in [1.807, 2.05) is 0 Å². The Morgan fingerprint density at radius 2 is 2.00 bits per heavy atom. The van der Waals surface area contributed by atoms with E-state index in [0.29, 0.717) is 18.6 Å². The van der Waals surface area contributed by atoms with E-state index < -0.39 is 5.51 Å². The van der Waals surface area contributed by atoms with Crippen molar-refractivity contribution < 1.29 is 13.2 Å². The first-order valence-corrected chi connectivity index (χ1v) is 7.63. The Balaban J connectivity index is 1.78. The third-order valence-electron chi connectivity index (χ3n) is 3.96. The number of hydrogen-bond donors (Lipinski definition) is 0. The Morgan fingerprint density at radius 3 is 2.72 bits per heavy atom. The lowest BCUT2D eigenvalue weighted by atomic mass is 9.97. The van der Waals surface area contributed by atoms with E-state index in [2.05, 4.69) is 16.7 Å². The first-order chi connectivity index (χ1) is 8.46. The van der Waals surface area contributed by atoms with Gasteiger partial charge in [0, 0.05) is 37.5 Å². The molecule has 18 heavy (non-hydrogen) atoms. The van der Waals surface area contributed by atoms with Gasteiger partial charge >= 0.3 is 5.51 Å². The van der Waals surface area contributed by atoms with Gasteiger partial charge in [-0.05, 0) is 38.1 Å². The van der Waals surface area contributed by atoms with Gasteiger partial charge in [-0.2, -0.15) is 13.2 Å². The molecule has 0 aromatic carbocycles. The molecular weight excluding hydrogens is 261 g/mol. The summed E-state index contributed by atoms with van der Waals surface area (Å²) in [5.41, 5.74) is -4.09. The van der Waals surface area contributed by atoms with Crippen LogP contribution in [0.25, 0.3) is 0 Å². The van der Waals surface area contributed by atoms with Crippen LogP contribution in [0.1, 0.15) is 26.2 Å². The molecule has 2 heterocycles. The third-order valence-corrected chi connectivity index (χ3v) is 4.67.